The molecule has 0 fully saturated rings. The van der Waals surface area contributed by atoms with Gasteiger partial charge in [-0.25, -0.2) is 9.59 Å². The van der Waals surface area contributed by atoms with Gasteiger partial charge in [0.2, 0.25) is 5.91 Å². The zero-order chi connectivity index (χ0) is 26.7. The molecule has 3 amide bonds. The number of urea groups is 1. The maximum atomic E-state index is 13.3. The smallest absolute Gasteiger partial charge is 0.360 e. The minimum absolute atomic E-state index is 0.159. The summed E-state index contributed by atoms with van der Waals surface area (Å²) in [5.74, 6) is -1.28. The van der Waals surface area contributed by atoms with Crippen LogP contribution in [0, 0.1) is 13.8 Å². The van der Waals surface area contributed by atoms with Crippen molar-refractivity contribution in [3.63, 3.8) is 0 Å². The van der Waals surface area contributed by atoms with Crippen molar-refractivity contribution in [3.05, 3.63) is 65.2 Å². The number of amides is 3. The number of ether oxygens (including phenoxy) is 1. The Hall–Kier alpha value is -3.67. The zero-order valence-corrected chi connectivity index (χ0v) is 21.0. The Balaban J connectivity index is 2.25. The van der Waals surface area contributed by atoms with E-state index in [-0.39, 0.29) is 6.42 Å². The zero-order valence-electron chi connectivity index (χ0n) is 21.0. The highest BCUT2D eigenvalue weighted by Crippen LogP contribution is 2.20. The Kier molecular flexibility index (Phi) is 11.1. The van der Waals surface area contributed by atoms with Crippen molar-refractivity contribution in [1.29, 1.82) is 0 Å². The summed E-state index contributed by atoms with van der Waals surface area (Å²) in [6, 6.07) is 11.2. The van der Waals surface area contributed by atoms with E-state index in [2.05, 4.69) is 26.2 Å². The molecule has 2 rings (SSSR count). The van der Waals surface area contributed by atoms with E-state index in [9.17, 15) is 14.4 Å². The Morgan fingerprint density at radius 2 is 1.72 bits per heavy atom. The fourth-order valence-corrected chi connectivity index (χ4v) is 3.57. The molecular formula is C25H35N7O4. The molecule has 0 bridgehead atoms. The summed E-state index contributed by atoms with van der Waals surface area (Å²) in [7, 11) is 1.22. The molecule has 11 nitrogen and oxygen atoms in total. The number of hydrogen-bond donors (Lipinski definition) is 5. The average Bonchev–Trinajstić information content (AvgIpc) is 2.86. The van der Waals surface area contributed by atoms with Crippen LogP contribution in [0.3, 0.4) is 0 Å². The van der Waals surface area contributed by atoms with E-state index in [1.165, 1.54) is 7.11 Å². The molecule has 2 aromatic carbocycles. The SMILES string of the molecule is CCC(NC(N)N)C(NC(=O)C(Cc1ccccc1)NC(=O)/N=N/c1cc(C)ccc1C)C(=O)OC. The van der Waals surface area contributed by atoms with Crippen molar-refractivity contribution in [2.24, 2.45) is 21.7 Å². The number of carbonyl (C=O) groups excluding carboxylic acids is 3. The summed E-state index contributed by atoms with van der Waals surface area (Å²) in [5, 5.41) is 15.9. The molecule has 11 heteroatoms. The van der Waals surface area contributed by atoms with Crippen molar-refractivity contribution >= 4 is 23.6 Å². The van der Waals surface area contributed by atoms with Crippen LogP contribution in [0.25, 0.3) is 0 Å². The largest absolute Gasteiger partial charge is 0.467 e. The molecule has 3 atom stereocenters. The number of aryl methyl sites for hydroxylation is 2. The molecule has 0 radical (unpaired) electrons. The minimum atomic E-state index is -1.09. The van der Waals surface area contributed by atoms with Crippen LogP contribution in [0.1, 0.15) is 30.0 Å². The van der Waals surface area contributed by atoms with Gasteiger partial charge in [0.05, 0.1) is 12.8 Å². The molecule has 0 heterocycles. The van der Waals surface area contributed by atoms with Crippen LogP contribution >= 0.6 is 0 Å². The molecule has 0 aliphatic heterocycles. The molecule has 0 saturated heterocycles. The highest BCUT2D eigenvalue weighted by molar-refractivity contribution is 5.91. The highest BCUT2D eigenvalue weighted by atomic mass is 16.5. The van der Waals surface area contributed by atoms with E-state index in [0.717, 1.165) is 16.7 Å². The summed E-state index contributed by atoms with van der Waals surface area (Å²) in [4.78, 5) is 38.4. The third kappa shape index (κ3) is 8.84. The lowest BCUT2D eigenvalue weighted by atomic mass is 10.0. The Labute approximate surface area is 211 Å². The van der Waals surface area contributed by atoms with Gasteiger partial charge < -0.3 is 26.8 Å². The maximum absolute atomic E-state index is 13.3. The van der Waals surface area contributed by atoms with Gasteiger partial charge in [0.15, 0.2) is 0 Å². The minimum Gasteiger partial charge on any atom is -0.467 e. The Bertz CT molecular complexity index is 1060. The molecular weight excluding hydrogens is 462 g/mol. The van der Waals surface area contributed by atoms with Gasteiger partial charge in [-0.15, -0.1) is 5.11 Å². The quantitative estimate of drug-likeness (QED) is 0.179. The lowest BCUT2D eigenvalue weighted by Gasteiger charge is -2.29. The van der Waals surface area contributed by atoms with Crippen molar-refractivity contribution in [1.82, 2.24) is 16.0 Å². The van der Waals surface area contributed by atoms with Gasteiger partial charge in [-0.2, -0.15) is 0 Å². The number of azo groups is 1. The molecule has 0 aliphatic carbocycles. The predicted octanol–water partition coefficient (Wildman–Crippen LogP) is 1.94. The lowest BCUT2D eigenvalue weighted by molar-refractivity contribution is -0.146. The van der Waals surface area contributed by atoms with Gasteiger partial charge in [0.1, 0.15) is 18.4 Å². The second kappa shape index (κ2) is 14.0. The van der Waals surface area contributed by atoms with Crippen LogP contribution in [0.4, 0.5) is 10.5 Å². The van der Waals surface area contributed by atoms with E-state index in [0.29, 0.717) is 12.1 Å². The van der Waals surface area contributed by atoms with Gasteiger partial charge >= 0.3 is 12.0 Å². The second-order valence-corrected chi connectivity index (χ2v) is 8.40. The van der Waals surface area contributed by atoms with Crippen LogP contribution in [-0.2, 0) is 20.7 Å². The standard InChI is InChI=1S/C25H35N7O4/c1-5-18(28-24(26)27)21(23(34)36-4)30-22(33)20(14-17-9-7-6-8-10-17)29-25(35)32-31-19-13-15(2)11-12-16(19)3/h6-13,18,20-21,24,28H,5,14,26-27H2,1-4H3,(H,29,35)(H,30,33)/b32-31+. The number of hydrogen-bond acceptors (Lipinski definition) is 8. The lowest BCUT2D eigenvalue weighted by Crippen LogP contribution is -2.62. The van der Waals surface area contributed by atoms with Crippen molar-refractivity contribution in [3.8, 4) is 0 Å². The second-order valence-electron chi connectivity index (χ2n) is 8.40. The van der Waals surface area contributed by atoms with Gasteiger partial charge in [-0.1, -0.05) is 54.5 Å². The first-order valence-electron chi connectivity index (χ1n) is 11.6. The van der Waals surface area contributed by atoms with E-state index >= 15 is 0 Å². The summed E-state index contributed by atoms with van der Waals surface area (Å²) in [6.07, 6.45) is -0.333. The fraction of sp³-hybridized carbons (Fsp3) is 0.400. The molecule has 0 saturated carbocycles. The van der Waals surface area contributed by atoms with E-state index in [1.54, 1.807) is 13.0 Å². The first-order valence-corrected chi connectivity index (χ1v) is 11.6. The van der Waals surface area contributed by atoms with Gasteiger partial charge in [0.25, 0.3) is 0 Å². The third-order valence-electron chi connectivity index (χ3n) is 5.51. The number of methoxy groups -OCH3 is 1. The summed E-state index contributed by atoms with van der Waals surface area (Å²) in [6.45, 7) is 5.57. The number of nitrogens with one attached hydrogen (secondary N) is 3. The van der Waals surface area contributed by atoms with E-state index in [1.807, 2.05) is 56.3 Å². The number of benzene rings is 2. The normalized spacial score (nSPS) is 13.8. The van der Waals surface area contributed by atoms with Gasteiger partial charge in [-0.05, 0) is 43.0 Å². The van der Waals surface area contributed by atoms with Crippen molar-refractivity contribution < 1.29 is 19.1 Å². The average molecular weight is 498 g/mol. The molecule has 0 spiro atoms. The predicted molar refractivity (Wildman–Crippen MR) is 136 cm³/mol. The number of nitrogens with zero attached hydrogens (tertiary/aromatic N) is 2. The summed E-state index contributed by atoms with van der Waals surface area (Å²) >= 11 is 0. The molecule has 3 unspecified atom stereocenters. The molecule has 0 aromatic heterocycles. The van der Waals surface area contributed by atoms with Crippen LogP contribution < -0.4 is 27.4 Å². The van der Waals surface area contributed by atoms with Crippen molar-refractivity contribution in [2.75, 3.05) is 7.11 Å². The monoisotopic (exact) mass is 497 g/mol. The molecule has 0 aliphatic rings. The maximum Gasteiger partial charge on any atom is 0.360 e. The van der Waals surface area contributed by atoms with Crippen molar-refractivity contribution in [2.45, 2.75) is 58.0 Å². The topological polar surface area (TPSA) is 173 Å². The molecule has 194 valence electrons. The van der Waals surface area contributed by atoms with Crippen LogP contribution in [0.15, 0.2) is 58.8 Å². The first-order chi connectivity index (χ1) is 17.1. The van der Waals surface area contributed by atoms with Crippen LogP contribution in [0.5, 0.6) is 0 Å². The number of carbonyl (C=O) groups is 3. The number of esters is 1. The first kappa shape index (κ1) is 28.6. The van der Waals surface area contributed by atoms with E-state index in [4.69, 9.17) is 16.2 Å². The van der Waals surface area contributed by atoms with Crippen LogP contribution in [0.2, 0.25) is 0 Å². The van der Waals surface area contributed by atoms with Gasteiger partial charge in [0, 0.05) is 12.5 Å². The Morgan fingerprint density at radius 3 is 2.33 bits per heavy atom. The molecule has 36 heavy (non-hydrogen) atoms. The summed E-state index contributed by atoms with van der Waals surface area (Å²) in [5.41, 5.74) is 14.4. The van der Waals surface area contributed by atoms with E-state index < -0.39 is 42.3 Å². The van der Waals surface area contributed by atoms with Crippen LogP contribution in [-0.4, -0.2) is 49.4 Å². The molecule has 2 aromatic rings. The van der Waals surface area contributed by atoms with Gasteiger partial charge in [-0.3, -0.25) is 10.1 Å². The Morgan fingerprint density at radius 1 is 1.03 bits per heavy atom. The summed E-state index contributed by atoms with van der Waals surface area (Å²) < 4.78 is 4.87. The number of nitrogens with two attached hydrogens (primary N) is 2. The number of rotatable bonds is 11. The highest BCUT2D eigenvalue weighted by Gasteiger charge is 2.33. The fourth-order valence-electron chi connectivity index (χ4n) is 3.57. The molecule has 7 N–H and O–H groups in total. The third-order valence-corrected chi connectivity index (χ3v) is 5.51.